The van der Waals surface area contributed by atoms with E-state index in [0.717, 1.165) is 21.4 Å². The molecule has 0 bridgehead atoms. The summed E-state index contributed by atoms with van der Waals surface area (Å²) in [5, 5.41) is 7.59. The average molecular weight is 343 g/mol. The minimum atomic E-state index is -0.135. The van der Waals surface area contributed by atoms with Crippen molar-refractivity contribution in [2.24, 2.45) is 0 Å². The number of hydrogen-bond donors (Lipinski definition) is 1. The zero-order valence-electron chi connectivity index (χ0n) is 10.6. The zero-order valence-corrected chi connectivity index (χ0v) is 12.9. The highest BCUT2D eigenvalue weighted by Crippen LogP contribution is 2.23. The standard InChI is InChI=1S/C13H13BrClN3O/c1-8-11(15)4-3-5-12(8)17-13(19)7-18-9(2)10(14)6-16-18/h3-6H,7H2,1-2H3,(H,17,19). The molecule has 4 nitrogen and oxygen atoms in total. The molecule has 2 rings (SSSR count). The Morgan fingerprint density at radius 2 is 2.21 bits per heavy atom. The fraction of sp³-hybridized carbons (Fsp3) is 0.231. The third-order valence-electron chi connectivity index (χ3n) is 2.88. The second-order valence-corrected chi connectivity index (χ2v) is 5.46. The molecule has 0 spiro atoms. The average Bonchev–Trinajstić information content (AvgIpc) is 2.67. The van der Waals surface area contributed by atoms with E-state index in [1.54, 1.807) is 23.0 Å². The van der Waals surface area contributed by atoms with Crippen molar-refractivity contribution >= 4 is 39.1 Å². The lowest BCUT2D eigenvalue weighted by atomic mass is 10.2. The number of aromatic nitrogens is 2. The van der Waals surface area contributed by atoms with Crippen molar-refractivity contribution in [3.63, 3.8) is 0 Å². The van der Waals surface area contributed by atoms with E-state index in [1.165, 1.54) is 0 Å². The van der Waals surface area contributed by atoms with Gasteiger partial charge in [0.25, 0.3) is 0 Å². The number of amides is 1. The van der Waals surface area contributed by atoms with E-state index in [1.807, 2.05) is 19.9 Å². The number of halogens is 2. The van der Waals surface area contributed by atoms with Crippen LogP contribution in [0.3, 0.4) is 0 Å². The predicted octanol–water partition coefficient (Wildman–Crippen LogP) is 3.55. The van der Waals surface area contributed by atoms with E-state index in [0.29, 0.717) is 5.02 Å². The van der Waals surface area contributed by atoms with E-state index in [-0.39, 0.29) is 12.5 Å². The summed E-state index contributed by atoms with van der Waals surface area (Å²) in [4.78, 5) is 12.0. The fourth-order valence-electron chi connectivity index (χ4n) is 1.65. The summed E-state index contributed by atoms with van der Waals surface area (Å²) in [7, 11) is 0. The van der Waals surface area contributed by atoms with Crippen molar-refractivity contribution in [2.75, 3.05) is 5.32 Å². The molecule has 1 N–H and O–H groups in total. The molecule has 2 aromatic rings. The van der Waals surface area contributed by atoms with Crippen LogP contribution in [-0.4, -0.2) is 15.7 Å². The Morgan fingerprint density at radius 3 is 2.84 bits per heavy atom. The monoisotopic (exact) mass is 341 g/mol. The van der Waals surface area contributed by atoms with Gasteiger partial charge in [0.15, 0.2) is 0 Å². The minimum absolute atomic E-state index is 0.135. The van der Waals surface area contributed by atoms with Crippen LogP contribution in [0.5, 0.6) is 0 Å². The number of hydrogen-bond acceptors (Lipinski definition) is 2. The van der Waals surface area contributed by atoms with Gasteiger partial charge in [0, 0.05) is 10.7 Å². The van der Waals surface area contributed by atoms with Crippen molar-refractivity contribution in [3.8, 4) is 0 Å². The highest BCUT2D eigenvalue weighted by atomic mass is 79.9. The molecule has 6 heteroatoms. The van der Waals surface area contributed by atoms with Crippen LogP contribution >= 0.6 is 27.5 Å². The molecular weight excluding hydrogens is 330 g/mol. The van der Waals surface area contributed by atoms with Gasteiger partial charge in [0.2, 0.25) is 5.91 Å². The molecule has 0 aliphatic carbocycles. The summed E-state index contributed by atoms with van der Waals surface area (Å²) in [6, 6.07) is 5.42. The van der Waals surface area contributed by atoms with Crippen molar-refractivity contribution in [1.82, 2.24) is 9.78 Å². The maximum atomic E-state index is 12.0. The van der Waals surface area contributed by atoms with Gasteiger partial charge in [-0.15, -0.1) is 0 Å². The van der Waals surface area contributed by atoms with Gasteiger partial charge in [-0.2, -0.15) is 5.10 Å². The van der Waals surface area contributed by atoms with Crippen molar-refractivity contribution in [3.05, 3.63) is 45.1 Å². The molecule has 1 aromatic heterocycles. The molecule has 1 amide bonds. The van der Waals surface area contributed by atoms with Crippen molar-refractivity contribution in [2.45, 2.75) is 20.4 Å². The molecule has 19 heavy (non-hydrogen) atoms. The highest BCUT2D eigenvalue weighted by molar-refractivity contribution is 9.10. The van der Waals surface area contributed by atoms with Crippen LogP contribution in [0.15, 0.2) is 28.9 Å². The first-order chi connectivity index (χ1) is 8.99. The number of anilines is 1. The van der Waals surface area contributed by atoms with Crippen molar-refractivity contribution < 1.29 is 4.79 Å². The first-order valence-corrected chi connectivity index (χ1v) is 6.89. The van der Waals surface area contributed by atoms with Crippen LogP contribution in [0.4, 0.5) is 5.69 Å². The largest absolute Gasteiger partial charge is 0.324 e. The molecule has 0 aliphatic heterocycles. The molecule has 1 aromatic carbocycles. The zero-order chi connectivity index (χ0) is 14.0. The second kappa shape index (κ2) is 5.75. The minimum Gasteiger partial charge on any atom is -0.324 e. The maximum absolute atomic E-state index is 12.0. The topological polar surface area (TPSA) is 46.9 Å². The number of nitrogens with zero attached hydrogens (tertiary/aromatic N) is 2. The SMILES string of the molecule is Cc1c(Cl)cccc1NC(=O)Cn1ncc(Br)c1C. The summed E-state index contributed by atoms with van der Waals surface area (Å²) >= 11 is 9.37. The smallest absolute Gasteiger partial charge is 0.246 e. The summed E-state index contributed by atoms with van der Waals surface area (Å²) in [5.74, 6) is -0.135. The summed E-state index contributed by atoms with van der Waals surface area (Å²) in [6.07, 6.45) is 1.67. The van der Waals surface area contributed by atoms with Gasteiger partial charge in [-0.1, -0.05) is 17.7 Å². The summed E-state index contributed by atoms with van der Waals surface area (Å²) < 4.78 is 2.53. The van der Waals surface area contributed by atoms with E-state index < -0.39 is 0 Å². The van der Waals surface area contributed by atoms with Gasteiger partial charge in [-0.25, -0.2) is 0 Å². The molecule has 0 saturated heterocycles. The third kappa shape index (κ3) is 3.16. The number of carbonyl (C=O) groups excluding carboxylic acids is 1. The van der Waals surface area contributed by atoms with Crippen LogP contribution in [0.2, 0.25) is 5.02 Å². The van der Waals surface area contributed by atoms with E-state index in [2.05, 4.69) is 26.3 Å². The number of carbonyl (C=O) groups is 1. The molecular formula is C13H13BrClN3O. The van der Waals surface area contributed by atoms with Gasteiger partial charge >= 0.3 is 0 Å². The number of benzene rings is 1. The second-order valence-electron chi connectivity index (χ2n) is 4.20. The van der Waals surface area contributed by atoms with Crippen LogP contribution in [0.1, 0.15) is 11.3 Å². The van der Waals surface area contributed by atoms with Gasteiger partial charge in [0.05, 0.1) is 16.4 Å². The first-order valence-electron chi connectivity index (χ1n) is 5.72. The lowest BCUT2D eigenvalue weighted by Crippen LogP contribution is -2.20. The molecule has 0 aliphatic rings. The quantitative estimate of drug-likeness (QED) is 0.927. The lowest BCUT2D eigenvalue weighted by molar-refractivity contribution is -0.116. The molecule has 0 fully saturated rings. The highest BCUT2D eigenvalue weighted by Gasteiger charge is 2.10. The van der Waals surface area contributed by atoms with Gasteiger partial charge in [0.1, 0.15) is 6.54 Å². The van der Waals surface area contributed by atoms with Crippen LogP contribution in [0, 0.1) is 13.8 Å². The van der Waals surface area contributed by atoms with Crippen LogP contribution in [0.25, 0.3) is 0 Å². The van der Waals surface area contributed by atoms with E-state index in [9.17, 15) is 4.79 Å². The van der Waals surface area contributed by atoms with Gasteiger partial charge in [-0.05, 0) is 47.5 Å². The lowest BCUT2D eigenvalue weighted by Gasteiger charge is -2.10. The number of nitrogens with one attached hydrogen (secondary N) is 1. The Hall–Kier alpha value is -1.33. The molecule has 0 atom stereocenters. The van der Waals surface area contributed by atoms with Gasteiger partial charge in [-0.3, -0.25) is 9.48 Å². The van der Waals surface area contributed by atoms with Crippen LogP contribution < -0.4 is 5.32 Å². The number of rotatable bonds is 3. The molecule has 0 radical (unpaired) electrons. The summed E-state index contributed by atoms with van der Waals surface area (Å²) in [6.45, 7) is 3.94. The Kier molecular flexibility index (Phi) is 4.27. The van der Waals surface area contributed by atoms with E-state index in [4.69, 9.17) is 11.6 Å². The van der Waals surface area contributed by atoms with Crippen LogP contribution in [-0.2, 0) is 11.3 Å². The molecule has 100 valence electrons. The Bertz CT molecular complexity index is 624. The van der Waals surface area contributed by atoms with Gasteiger partial charge < -0.3 is 5.32 Å². The summed E-state index contributed by atoms with van der Waals surface area (Å²) in [5.41, 5.74) is 2.50. The Labute approximate surface area is 124 Å². The predicted molar refractivity (Wildman–Crippen MR) is 79.5 cm³/mol. The Morgan fingerprint density at radius 1 is 1.47 bits per heavy atom. The van der Waals surface area contributed by atoms with E-state index >= 15 is 0 Å². The third-order valence-corrected chi connectivity index (χ3v) is 4.07. The maximum Gasteiger partial charge on any atom is 0.246 e. The first kappa shape index (κ1) is 14.1. The normalized spacial score (nSPS) is 10.5. The molecule has 1 heterocycles. The van der Waals surface area contributed by atoms with Crippen molar-refractivity contribution in [1.29, 1.82) is 0 Å². The Balaban J connectivity index is 2.10. The fourth-order valence-corrected chi connectivity index (χ4v) is 2.12. The molecule has 0 saturated carbocycles. The molecule has 0 unspecified atom stereocenters.